The van der Waals surface area contributed by atoms with E-state index in [9.17, 15) is 5.11 Å². The summed E-state index contributed by atoms with van der Waals surface area (Å²) in [5.74, 6) is 1.19. The van der Waals surface area contributed by atoms with Crippen LogP contribution in [0.5, 0.6) is 0 Å². The van der Waals surface area contributed by atoms with Crippen LogP contribution in [0.2, 0.25) is 0 Å². The van der Waals surface area contributed by atoms with Gasteiger partial charge in [-0.2, -0.15) is 0 Å². The third-order valence-corrected chi connectivity index (χ3v) is 5.94. The highest BCUT2D eigenvalue weighted by atomic mass is 16.5. The minimum atomic E-state index is -0.468. The van der Waals surface area contributed by atoms with Gasteiger partial charge in [0.25, 0.3) is 0 Å². The van der Waals surface area contributed by atoms with E-state index in [4.69, 9.17) is 9.72 Å². The summed E-state index contributed by atoms with van der Waals surface area (Å²) < 4.78 is 8.05. The monoisotopic (exact) mass is 369 g/mol. The molecule has 1 aromatic heterocycles. The Morgan fingerprint density at radius 1 is 1.19 bits per heavy atom. The maximum absolute atomic E-state index is 10.5. The van der Waals surface area contributed by atoms with Crippen molar-refractivity contribution in [2.75, 3.05) is 19.7 Å². The number of hydrogen-bond donors (Lipinski definition) is 1. The lowest BCUT2D eigenvalue weighted by Gasteiger charge is -2.26. The van der Waals surface area contributed by atoms with Gasteiger partial charge in [0.05, 0.1) is 31.1 Å². The average molecular weight is 370 g/mol. The molecule has 0 saturated carbocycles. The highest BCUT2D eigenvalue weighted by molar-refractivity contribution is 5.22. The number of aliphatic hydroxyl groups excluding tert-OH is 1. The number of ether oxygens (including phenoxy) is 1. The Labute approximate surface area is 162 Å². The highest BCUT2D eigenvalue weighted by Gasteiger charge is 2.32. The average Bonchev–Trinajstić information content (AvgIpc) is 3.27. The van der Waals surface area contributed by atoms with Crippen LogP contribution in [0.4, 0.5) is 0 Å². The third kappa shape index (κ3) is 4.26. The van der Waals surface area contributed by atoms with E-state index < -0.39 is 6.10 Å². The Balaban J connectivity index is 1.34. The fourth-order valence-corrected chi connectivity index (χ4v) is 4.55. The minimum absolute atomic E-state index is 0.323. The van der Waals surface area contributed by atoms with Gasteiger partial charge in [-0.25, -0.2) is 4.98 Å². The molecule has 2 aliphatic rings. The highest BCUT2D eigenvalue weighted by Crippen LogP contribution is 2.33. The van der Waals surface area contributed by atoms with Crippen molar-refractivity contribution in [2.24, 2.45) is 7.05 Å². The molecule has 1 aliphatic heterocycles. The number of aryl methyl sites for hydroxylation is 1. The molecule has 2 atom stereocenters. The molecule has 0 spiro atoms. The normalized spacial score (nSPS) is 21.3. The summed E-state index contributed by atoms with van der Waals surface area (Å²) in [4.78, 5) is 7.39. The van der Waals surface area contributed by atoms with Crippen molar-refractivity contribution >= 4 is 0 Å². The van der Waals surface area contributed by atoms with Crippen LogP contribution in [-0.2, 0) is 31.2 Å². The van der Waals surface area contributed by atoms with Crippen LogP contribution in [0, 0.1) is 0 Å². The molecule has 4 rings (SSSR count). The number of aromatic nitrogens is 2. The van der Waals surface area contributed by atoms with Gasteiger partial charge in [-0.05, 0) is 50.6 Å². The summed E-state index contributed by atoms with van der Waals surface area (Å²) in [6.07, 6.45) is 6.63. The van der Waals surface area contributed by atoms with E-state index in [0.29, 0.717) is 25.8 Å². The molecular formula is C22H31N3O2. The third-order valence-electron chi connectivity index (χ3n) is 5.94. The van der Waals surface area contributed by atoms with Gasteiger partial charge in [0, 0.05) is 19.3 Å². The molecule has 0 bridgehead atoms. The Kier molecular flexibility index (Phi) is 5.91. The number of imidazole rings is 1. The zero-order valence-corrected chi connectivity index (χ0v) is 16.3. The molecule has 0 amide bonds. The molecule has 27 heavy (non-hydrogen) atoms. The number of likely N-dealkylation sites (tertiary alicyclic amines) is 1. The Bertz CT molecular complexity index is 744. The number of benzene rings is 1. The number of aliphatic hydroxyl groups is 1. The predicted octanol–water partition coefficient (Wildman–Crippen LogP) is 3.01. The minimum Gasteiger partial charge on any atom is -0.389 e. The van der Waals surface area contributed by atoms with Gasteiger partial charge in [-0.1, -0.05) is 30.3 Å². The fourth-order valence-electron chi connectivity index (χ4n) is 4.55. The van der Waals surface area contributed by atoms with Crippen LogP contribution < -0.4 is 0 Å². The fraction of sp³-hybridized carbons (Fsp3) is 0.591. The molecular weight excluding hydrogens is 338 g/mol. The standard InChI is InChI=1S/C22H31N3O2/c1-24-20-11-6-5-10-19(20)23-22(24)21-12-7-13-25(21)14-18(26)16-27-15-17-8-3-2-4-9-17/h2-4,8-9,18,21,26H,5-7,10-16H2,1H3/t18-,21+/m1/s1. The lowest BCUT2D eigenvalue weighted by molar-refractivity contribution is 0.00706. The molecule has 1 N–H and O–H groups in total. The van der Waals surface area contributed by atoms with Crippen LogP contribution in [0.1, 0.15) is 54.5 Å². The topological polar surface area (TPSA) is 50.5 Å². The summed E-state index contributed by atoms with van der Waals surface area (Å²) in [7, 11) is 2.17. The number of nitrogens with zero attached hydrogens (tertiary/aromatic N) is 3. The zero-order valence-electron chi connectivity index (χ0n) is 16.3. The first kappa shape index (κ1) is 18.7. The number of hydrogen-bond acceptors (Lipinski definition) is 4. The number of β-amino-alcohol motifs (C(OH)–C–C–N with tert-alkyl or cyclic N) is 1. The zero-order chi connectivity index (χ0) is 18.6. The van der Waals surface area contributed by atoms with Crippen molar-refractivity contribution < 1.29 is 9.84 Å². The quantitative estimate of drug-likeness (QED) is 0.815. The lowest BCUT2D eigenvalue weighted by Crippen LogP contribution is -2.35. The smallest absolute Gasteiger partial charge is 0.126 e. The number of fused-ring (bicyclic) bond motifs is 1. The van der Waals surface area contributed by atoms with Crippen LogP contribution in [0.15, 0.2) is 30.3 Å². The van der Waals surface area contributed by atoms with Crippen molar-refractivity contribution in [3.05, 3.63) is 53.1 Å². The van der Waals surface area contributed by atoms with Crippen molar-refractivity contribution in [3.63, 3.8) is 0 Å². The van der Waals surface area contributed by atoms with Gasteiger partial charge < -0.3 is 14.4 Å². The second-order valence-corrected chi connectivity index (χ2v) is 7.94. The van der Waals surface area contributed by atoms with Crippen molar-refractivity contribution in [2.45, 2.75) is 57.3 Å². The summed E-state index contributed by atoms with van der Waals surface area (Å²) in [5.41, 5.74) is 3.87. The summed E-state index contributed by atoms with van der Waals surface area (Å²) in [6.45, 7) is 2.59. The van der Waals surface area contributed by atoms with E-state index in [1.165, 1.54) is 36.5 Å². The molecule has 1 fully saturated rings. The maximum atomic E-state index is 10.5. The first-order valence-corrected chi connectivity index (χ1v) is 10.3. The van der Waals surface area contributed by atoms with Gasteiger partial charge in [-0.15, -0.1) is 0 Å². The van der Waals surface area contributed by atoms with Crippen molar-refractivity contribution in [1.29, 1.82) is 0 Å². The van der Waals surface area contributed by atoms with E-state index in [0.717, 1.165) is 31.4 Å². The molecule has 1 aromatic carbocycles. The molecule has 1 aliphatic carbocycles. The second-order valence-electron chi connectivity index (χ2n) is 7.94. The van der Waals surface area contributed by atoms with E-state index >= 15 is 0 Å². The predicted molar refractivity (Wildman–Crippen MR) is 106 cm³/mol. The van der Waals surface area contributed by atoms with E-state index in [1.807, 2.05) is 30.3 Å². The summed E-state index contributed by atoms with van der Waals surface area (Å²) in [6, 6.07) is 10.4. The Morgan fingerprint density at radius 3 is 2.81 bits per heavy atom. The van der Waals surface area contributed by atoms with Crippen molar-refractivity contribution in [1.82, 2.24) is 14.5 Å². The molecule has 5 heteroatoms. The van der Waals surface area contributed by atoms with Crippen LogP contribution in [0.3, 0.4) is 0 Å². The van der Waals surface area contributed by atoms with Crippen LogP contribution in [-0.4, -0.2) is 45.4 Å². The first-order chi connectivity index (χ1) is 13.2. The SMILES string of the molecule is Cn1c([C@@H]2CCCN2C[C@@H](O)COCc2ccccc2)nc2c1CCCC2. The second kappa shape index (κ2) is 8.55. The van der Waals surface area contributed by atoms with Gasteiger partial charge in [0.15, 0.2) is 0 Å². The van der Waals surface area contributed by atoms with Crippen LogP contribution >= 0.6 is 0 Å². The van der Waals surface area contributed by atoms with E-state index in [1.54, 1.807) is 0 Å². The molecule has 5 nitrogen and oxygen atoms in total. The molecule has 0 radical (unpaired) electrons. The first-order valence-electron chi connectivity index (χ1n) is 10.3. The molecule has 146 valence electrons. The number of rotatable bonds is 7. The van der Waals surface area contributed by atoms with Crippen LogP contribution in [0.25, 0.3) is 0 Å². The van der Waals surface area contributed by atoms with Gasteiger partial charge in [0.1, 0.15) is 5.82 Å². The Morgan fingerprint density at radius 2 is 2.00 bits per heavy atom. The largest absolute Gasteiger partial charge is 0.389 e. The molecule has 0 unspecified atom stereocenters. The lowest BCUT2D eigenvalue weighted by atomic mass is 10.0. The van der Waals surface area contributed by atoms with Gasteiger partial charge in [-0.3, -0.25) is 4.90 Å². The van der Waals surface area contributed by atoms with Gasteiger partial charge >= 0.3 is 0 Å². The van der Waals surface area contributed by atoms with E-state index in [-0.39, 0.29) is 0 Å². The van der Waals surface area contributed by atoms with E-state index in [2.05, 4.69) is 16.5 Å². The maximum Gasteiger partial charge on any atom is 0.126 e. The van der Waals surface area contributed by atoms with Crippen molar-refractivity contribution in [3.8, 4) is 0 Å². The summed E-state index contributed by atoms with van der Waals surface area (Å²) >= 11 is 0. The molecule has 2 aromatic rings. The molecule has 2 heterocycles. The summed E-state index contributed by atoms with van der Waals surface area (Å²) in [5, 5.41) is 10.5. The molecule has 1 saturated heterocycles. The Hall–Kier alpha value is -1.69. The van der Waals surface area contributed by atoms with Gasteiger partial charge in [0.2, 0.25) is 0 Å².